The van der Waals surface area contributed by atoms with Crippen LogP contribution in [-0.2, 0) is 14.6 Å². The normalized spacial score (nSPS) is 16.6. The van der Waals surface area contributed by atoms with Gasteiger partial charge in [0, 0.05) is 0 Å². The largest absolute Gasteiger partial charge is 0.493 e. The van der Waals surface area contributed by atoms with Gasteiger partial charge in [-0.15, -0.1) is 5.10 Å². The van der Waals surface area contributed by atoms with Gasteiger partial charge < -0.3 is 9.47 Å². The molecule has 13 heteroatoms. The van der Waals surface area contributed by atoms with Crippen LogP contribution in [0.1, 0.15) is 28.4 Å². The van der Waals surface area contributed by atoms with Gasteiger partial charge in [0.1, 0.15) is 0 Å². The van der Waals surface area contributed by atoms with Gasteiger partial charge in [-0.2, -0.15) is 10.0 Å². The quantitative estimate of drug-likeness (QED) is 0.338. The number of ether oxygens (including phenoxy) is 2. The number of thioether (sulfide) groups is 1. The van der Waals surface area contributed by atoms with Crippen LogP contribution in [0.4, 0.5) is 0 Å². The Labute approximate surface area is 216 Å². The molecule has 0 radical (unpaired) electrons. The number of benzene rings is 2. The zero-order valence-electron chi connectivity index (χ0n) is 19.2. The molecule has 10 nitrogen and oxygen atoms in total. The first kappa shape index (κ1) is 25.6. The monoisotopic (exact) mass is 546 g/mol. The van der Waals surface area contributed by atoms with Crippen molar-refractivity contribution in [2.45, 2.75) is 13.8 Å². The van der Waals surface area contributed by atoms with E-state index in [1.165, 1.54) is 32.2 Å². The highest BCUT2D eigenvalue weighted by atomic mass is 35.5. The minimum absolute atomic E-state index is 0.00636. The number of aryl methyl sites for hydroxylation is 1. The van der Waals surface area contributed by atoms with Crippen LogP contribution >= 0.6 is 23.4 Å². The average molecular weight is 547 g/mol. The van der Waals surface area contributed by atoms with E-state index in [2.05, 4.69) is 10.1 Å². The third-order valence-corrected chi connectivity index (χ3v) is 8.46. The third kappa shape index (κ3) is 4.92. The summed E-state index contributed by atoms with van der Waals surface area (Å²) in [6.45, 7) is 3.32. The Balaban J connectivity index is 1.66. The number of sulfone groups is 1. The highest BCUT2D eigenvalue weighted by Gasteiger charge is 2.39. The lowest BCUT2D eigenvalue weighted by atomic mass is 10.1. The van der Waals surface area contributed by atoms with Gasteiger partial charge in [0.25, 0.3) is 5.91 Å². The average Bonchev–Trinajstić information content (AvgIpc) is 3.28. The van der Waals surface area contributed by atoms with E-state index in [-0.39, 0.29) is 43.2 Å². The van der Waals surface area contributed by atoms with Crippen molar-refractivity contribution >= 4 is 66.5 Å². The molecule has 0 saturated carbocycles. The van der Waals surface area contributed by atoms with Crippen LogP contribution in [-0.4, -0.2) is 53.5 Å². The Morgan fingerprint density at radius 1 is 1.28 bits per heavy atom. The standard InChI is InChI=1S/C23H19ClN4O6S2/c1-4-36(31,32)23-27-28-19(25)15(20(29)26-22(28)35-23)9-13-10-16(24)18(17(11-13)33-3)34-21(30)14-7-5-6-12(2)8-14/h5-11,25H,4H2,1-3H3/b15-9-,25-19?. The van der Waals surface area contributed by atoms with E-state index < -0.39 is 21.7 Å². The number of hydrogen-bond donors (Lipinski definition) is 1. The maximum Gasteiger partial charge on any atom is 0.343 e. The summed E-state index contributed by atoms with van der Waals surface area (Å²) in [6.07, 6.45) is 1.35. The van der Waals surface area contributed by atoms with E-state index in [0.29, 0.717) is 22.9 Å². The predicted octanol–water partition coefficient (Wildman–Crippen LogP) is 3.89. The van der Waals surface area contributed by atoms with E-state index in [9.17, 15) is 18.0 Å². The smallest absolute Gasteiger partial charge is 0.343 e. The van der Waals surface area contributed by atoms with Gasteiger partial charge in [0.2, 0.25) is 19.4 Å². The van der Waals surface area contributed by atoms with Crippen LogP contribution in [0.5, 0.6) is 11.5 Å². The molecule has 0 atom stereocenters. The Morgan fingerprint density at radius 2 is 2.03 bits per heavy atom. The molecule has 0 aromatic heterocycles. The third-order valence-electron chi connectivity index (χ3n) is 5.09. The fraction of sp³-hybridized carbons (Fsp3) is 0.174. The van der Waals surface area contributed by atoms with Crippen molar-refractivity contribution in [3.63, 3.8) is 0 Å². The van der Waals surface area contributed by atoms with Gasteiger partial charge in [-0.05, 0) is 54.6 Å². The number of carbonyl (C=O) groups excluding carboxylic acids is 2. The van der Waals surface area contributed by atoms with Gasteiger partial charge in [0.05, 0.1) is 29.0 Å². The molecule has 2 heterocycles. The van der Waals surface area contributed by atoms with E-state index >= 15 is 0 Å². The second kappa shape index (κ2) is 9.88. The van der Waals surface area contributed by atoms with E-state index in [1.54, 1.807) is 18.2 Å². The number of hydrazone groups is 1. The number of rotatable bonds is 5. The predicted molar refractivity (Wildman–Crippen MR) is 139 cm³/mol. The molecule has 186 valence electrons. The number of amidine groups is 2. The van der Waals surface area contributed by atoms with Crippen LogP contribution in [0.25, 0.3) is 6.08 Å². The number of carbonyl (C=O) groups is 2. The highest BCUT2D eigenvalue weighted by molar-refractivity contribution is 8.42. The summed E-state index contributed by atoms with van der Waals surface area (Å²) in [4.78, 5) is 29.1. The number of esters is 1. The van der Waals surface area contributed by atoms with Crippen LogP contribution in [0.15, 0.2) is 52.1 Å². The topological polar surface area (TPSA) is 139 Å². The Bertz CT molecular complexity index is 1510. The molecule has 1 N–H and O–H groups in total. The molecule has 0 saturated heterocycles. The molecule has 4 rings (SSSR count). The molecule has 2 aromatic rings. The van der Waals surface area contributed by atoms with Gasteiger partial charge in [-0.3, -0.25) is 10.2 Å². The fourth-order valence-electron chi connectivity index (χ4n) is 3.24. The summed E-state index contributed by atoms with van der Waals surface area (Å²) >= 11 is 7.10. The van der Waals surface area contributed by atoms with Crippen molar-refractivity contribution in [2.24, 2.45) is 10.1 Å². The number of hydrogen-bond acceptors (Lipinski definition) is 9. The number of aliphatic imine (C=N–C) groups is 1. The first-order chi connectivity index (χ1) is 17.0. The van der Waals surface area contributed by atoms with Crippen LogP contribution in [0.3, 0.4) is 0 Å². The summed E-state index contributed by atoms with van der Waals surface area (Å²) in [5.74, 6) is -1.77. The van der Waals surface area contributed by atoms with Gasteiger partial charge in [0.15, 0.2) is 17.3 Å². The molecular weight excluding hydrogens is 528 g/mol. The number of nitrogens with zero attached hydrogens (tertiary/aromatic N) is 3. The lowest BCUT2D eigenvalue weighted by Gasteiger charge is -2.20. The number of amides is 1. The van der Waals surface area contributed by atoms with E-state index in [0.717, 1.165) is 10.6 Å². The summed E-state index contributed by atoms with van der Waals surface area (Å²) in [5, 5.41) is 13.4. The summed E-state index contributed by atoms with van der Waals surface area (Å²) < 4.78 is 34.9. The van der Waals surface area contributed by atoms with Crippen molar-refractivity contribution in [1.82, 2.24) is 5.01 Å². The summed E-state index contributed by atoms with van der Waals surface area (Å²) in [7, 11) is -2.27. The number of nitrogens with one attached hydrogen (secondary N) is 1. The molecule has 2 aliphatic rings. The molecule has 0 fully saturated rings. The maximum absolute atomic E-state index is 12.6. The van der Waals surface area contributed by atoms with Crippen molar-refractivity contribution in [3.05, 3.63) is 63.7 Å². The SMILES string of the molecule is CCS(=O)(=O)C1=NN2C(=N)/C(=C/c3cc(Cl)c(OC(=O)c4cccc(C)c4)c(OC)c3)C(=O)N=C2S1. The van der Waals surface area contributed by atoms with E-state index in [1.807, 2.05) is 13.0 Å². The van der Waals surface area contributed by atoms with Crippen LogP contribution < -0.4 is 9.47 Å². The lowest BCUT2D eigenvalue weighted by molar-refractivity contribution is -0.114. The lowest BCUT2D eigenvalue weighted by Crippen LogP contribution is -2.35. The van der Waals surface area contributed by atoms with E-state index in [4.69, 9.17) is 26.5 Å². The minimum Gasteiger partial charge on any atom is -0.493 e. The summed E-state index contributed by atoms with van der Waals surface area (Å²) in [6, 6.07) is 9.77. The van der Waals surface area contributed by atoms with Gasteiger partial charge in [-0.1, -0.05) is 36.2 Å². The first-order valence-electron chi connectivity index (χ1n) is 10.4. The number of fused-ring (bicyclic) bond motifs is 1. The van der Waals surface area contributed by atoms with Crippen molar-refractivity contribution in [3.8, 4) is 11.5 Å². The van der Waals surface area contributed by atoms with Crippen molar-refractivity contribution in [2.75, 3.05) is 12.9 Å². The minimum atomic E-state index is -3.64. The highest BCUT2D eigenvalue weighted by Crippen LogP contribution is 2.38. The number of halogens is 1. The molecule has 1 amide bonds. The van der Waals surface area contributed by atoms with Crippen molar-refractivity contribution in [1.29, 1.82) is 5.41 Å². The molecule has 0 aliphatic carbocycles. The molecule has 0 unspecified atom stereocenters. The maximum atomic E-state index is 12.6. The first-order valence-corrected chi connectivity index (χ1v) is 13.3. The van der Waals surface area contributed by atoms with Crippen LogP contribution in [0.2, 0.25) is 5.02 Å². The zero-order chi connectivity index (χ0) is 26.2. The Morgan fingerprint density at radius 3 is 2.69 bits per heavy atom. The zero-order valence-corrected chi connectivity index (χ0v) is 21.6. The second-order valence-electron chi connectivity index (χ2n) is 7.58. The van der Waals surface area contributed by atoms with Crippen molar-refractivity contribution < 1.29 is 27.5 Å². The summed E-state index contributed by atoms with van der Waals surface area (Å²) in [5.41, 5.74) is 1.44. The van der Waals surface area contributed by atoms with Gasteiger partial charge >= 0.3 is 5.97 Å². The second-order valence-corrected chi connectivity index (χ2v) is 11.4. The molecular formula is C23H19ClN4O6S2. The van der Waals surface area contributed by atoms with Gasteiger partial charge in [-0.25, -0.2) is 13.2 Å². The Hall–Kier alpha value is -3.48. The molecule has 2 aromatic carbocycles. The molecule has 2 aliphatic heterocycles. The molecule has 36 heavy (non-hydrogen) atoms. The molecule has 0 spiro atoms. The fourth-order valence-corrected chi connectivity index (χ4v) is 5.66. The number of methoxy groups -OCH3 is 1. The Kier molecular flexibility index (Phi) is 7.03. The molecule has 0 bridgehead atoms. The van der Waals surface area contributed by atoms with Crippen LogP contribution in [0, 0.1) is 12.3 Å².